The van der Waals surface area contributed by atoms with Crippen molar-refractivity contribution >= 4 is 37.8 Å². The first-order valence-electron chi connectivity index (χ1n) is 8.35. The second kappa shape index (κ2) is 8.86. The van der Waals surface area contributed by atoms with Crippen LogP contribution in [0.4, 0.5) is 0 Å². The number of sulfonamides is 1. The minimum Gasteiger partial charge on any atom is -0.467 e. The van der Waals surface area contributed by atoms with Crippen molar-refractivity contribution in [3.05, 3.63) is 52.9 Å². The van der Waals surface area contributed by atoms with Crippen molar-refractivity contribution in [3.8, 4) is 0 Å². The number of hydrogen-bond acceptors (Lipinski definition) is 6. The molecule has 150 valence electrons. The van der Waals surface area contributed by atoms with Gasteiger partial charge in [-0.1, -0.05) is 15.9 Å². The second-order valence-electron chi connectivity index (χ2n) is 5.87. The minimum atomic E-state index is -3.79. The lowest BCUT2D eigenvalue weighted by Crippen LogP contribution is -2.47. The van der Waals surface area contributed by atoms with Crippen LogP contribution in [0.2, 0.25) is 0 Å². The lowest BCUT2D eigenvalue weighted by atomic mass is 10.4. The number of carbonyl (C=O) groups is 2. The molecule has 0 saturated carbocycles. The van der Waals surface area contributed by atoms with Gasteiger partial charge in [0.15, 0.2) is 0 Å². The van der Waals surface area contributed by atoms with E-state index in [1.165, 1.54) is 18.4 Å². The summed E-state index contributed by atoms with van der Waals surface area (Å²) in [5, 5.41) is 4.81. The highest BCUT2D eigenvalue weighted by atomic mass is 79.9. The molecule has 0 radical (unpaired) electrons. The average Bonchev–Trinajstić information content (AvgIpc) is 3.36. The zero-order chi connectivity index (χ0) is 20.1. The van der Waals surface area contributed by atoms with Crippen molar-refractivity contribution in [2.24, 2.45) is 0 Å². The summed E-state index contributed by atoms with van der Waals surface area (Å²) in [7, 11) is -3.79. The molecule has 1 fully saturated rings. The molecule has 2 heterocycles. The molecule has 1 aromatic heterocycles. The van der Waals surface area contributed by atoms with Crippen LogP contribution in [0.25, 0.3) is 0 Å². The molecule has 0 spiro atoms. The normalized spacial score (nSPS) is 17.4. The van der Waals surface area contributed by atoms with Crippen LogP contribution in [-0.4, -0.2) is 50.5 Å². The molecule has 1 atom stereocenters. The number of amides is 2. The Morgan fingerprint density at radius 3 is 2.54 bits per heavy atom. The number of nitrogens with zero attached hydrogens (tertiary/aromatic N) is 1. The van der Waals surface area contributed by atoms with Crippen molar-refractivity contribution in [1.29, 1.82) is 0 Å². The Kier molecular flexibility index (Phi) is 6.50. The van der Waals surface area contributed by atoms with Crippen molar-refractivity contribution in [2.75, 3.05) is 19.7 Å². The monoisotopic (exact) mass is 471 g/mol. The standard InChI is InChI=1S/C17H18BrN3O6S/c18-12-3-5-14(6-4-12)28(24,25)21-7-9-27-15(21)11-20-17(23)16(22)19-10-13-2-1-8-26-13/h1-6,8,15H,7,9-11H2,(H,19,22)(H,20,23)/t15-/m1/s1. The summed E-state index contributed by atoms with van der Waals surface area (Å²) in [6.45, 7) is 0.274. The Morgan fingerprint density at radius 1 is 1.14 bits per heavy atom. The van der Waals surface area contributed by atoms with Gasteiger partial charge in [0, 0.05) is 11.0 Å². The molecule has 1 aromatic carbocycles. The predicted octanol–water partition coefficient (Wildman–Crippen LogP) is 0.822. The fourth-order valence-corrected chi connectivity index (χ4v) is 4.38. The first-order chi connectivity index (χ1) is 13.4. The minimum absolute atomic E-state index is 0.0727. The largest absolute Gasteiger partial charge is 0.467 e. The van der Waals surface area contributed by atoms with Gasteiger partial charge in [-0.05, 0) is 36.4 Å². The van der Waals surface area contributed by atoms with Crippen LogP contribution in [0.3, 0.4) is 0 Å². The number of furan rings is 1. The Morgan fingerprint density at radius 2 is 1.86 bits per heavy atom. The fraction of sp³-hybridized carbons (Fsp3) is 0.294. The molecule has 0 aliphatic carbocycles. The van der Waals surface area contributed by atoms with Crippen LogP contribution >= 0.6 is 15.9 Å². The van der Waals surface area contributed by atoms with Crippen LogP contribution in [0.1, 0.15) is 5.76 Å². The van der Waals surface area contributed by atoms with E-state index >= 15 is 0 Å². The molecule has 2 aromatic rings. The summed E-state index contributed by atoms with van der Waals surface area (Å²) in [4.78, 5) is 23.9. The van der Waals surface area contributed by atoms with E-state index in [-0.39, 0.29) is 31.1 Å². The van der Waals surface area contributed by atoms with E-state index in [0.717, 1.165) is 8.78 Å². The predicted molar refractivity (Wildman–Crippen MR) is 101 cm³/mol. The molecular weight excluding hydrogens is 454 g/mol. The summed E-state index contributed by atoms with van der Waals surface area (Å²) in [5.41, 5.74) is 0. The molecule has 0 unspecified atom stereocenters. The van der Waals surface area contributed by atoms with Crippen LogP contribution in [-0.2, 0) is 30.9 Å². The number of hydrogen-bond donors (Lipinski definition) is 2. The van der Waals surface area contributed by atoms with E-state index < -0.39 is 28.1 Å². The quantitative estimate of drug-likeness (QED) is 0.602. The number of ether oxygens (including phenoxy) is 1. The Bertz CT molecular complexity index is 930. The third-order valence-electron chi connectivity index (χ3n) is 4.01. The van der Waals surface area contributed by atoms with Crippen LogP contribution < -0.4 is 10.6 Å². The number of nitrogens with one attached hydrogen (secondary N) is 2. The van der Waals surface area contributed by atoms with Gasteiger partial charge in [0.1, 0.15) is 12.0 Å². The fourth-order valence-electron chi connectivity index (χ4n) is 2.60. The van der Waals surface area contributed by atoms with E-state index in [9.17, 15) is 18.0 Å². The number of rotatable bonds is 6. The van der Waals surface area contributed by atoms with Crippen molar-refractivity contribution in [3.63, 3.8) is 0 Å². The highest BCUT2D eigenvalue weighted by Gasteiger charge is 2.36. The smallest absolute Gasteiger partial charge is 0.309 e. The average molecular weight is 472 g/mol. The first-order valence-corrected chi connectivity index (χ1v) is 10.6. The van der Waals surface area contributed by atoms with E-state index in [2.05, 4.69) is 26.6 Å². The van der Waals surface area contributed by atoms with Crippen molar-refractivity contribution in [1.82, 2.24) is 14.9 Å². The molecule has 1 saturated heterocycles. The number of halogens is 1. The van der Waals surface area contributed by atoms with E-state index in [1.807, 2.05) is 0 Å². The molecular formula is C17H18BrN3O6S. The van der Waals surface area contributed by atoms with Gasteiger partial charge < -0.3 is 19.8 Å². The van der Waals surface area contributed by atoms with E-state index in [1.54, 1.807) is 24.3 Å². The highest BCUT2D eigenvalue weighted by molar-refractivity contribution is 9.10. The van der Waals surface area contributed by atoms with Gasteiger partial charge in [0.05, 0.1) is 30.9 Å². The maximum atomic E-state index is 12.8. The van der Waals surface area contributed by atoms with Crippen LogP contribution in [0.15, 0.2) is 56.4 Å². The van der Waals surface area contributed by atoms with Gasteiger partial charge in [-0.15, -0.1) is 0 Å². The van der Waals surface area contributed by atoms with Gasteiger partial charge >= 0.3 is 11.8 Å². The van der Waals surface area contributed by atoms with Crippen molar-refractivity contribution in [2.45, 2.75) is 17.7 Å². The third kappa shape index (κ3) is 4.79. The summed E-state index contributed by atoms with van der Waals surface area (Å²) < 4.78 is 38.0. The Balaban J connectivity index is 1.56. The lowest BCUT2D eigenvalue weighted by molar-refractivity contribution is -0.139. The summed E-state index contributed by atoms with van der Waals surface area (Å²) in [6, 6.07) is 9.55. The molecule has 0 bridgehead atoms. The molecule has 1 aliphatic rings. The SMILES string of the molecule is O=C(NCc1ccco1)C(=O)NC[C@H]1OCCN1S(=O)(=O)c1ccc(Br)cc1. The molecule has 9 nitrogen and oxygen atoms in total. The Labute approximate surface area is 170 Å². The molecule has 1 aliphatic heterocycles. The van der Waals surface area contributed by atoms with Gasteiger partial charge in [0.2, 0.25) is 10.0 Å². The van der Waals surface area contributed by atoms with Gasteiger partial charge in [0.25, 0.3) is 0 Å². The van der Waals surface area contributed by atoms with E-state index in [0.29, 0.717) is 5.76 Å². The van der Waals surface area contributed by atoms with Gasteiger partial charge in [-0.2, -0.15) is 4.31 Å². The zero-order valence-electron chi connectivity index (χ0n) is 14.6. The van der Waals surface area contributed by atoms with Crippen LogP contribution in [0.5, 0.6) is 0 Å². The topological polar surface area (TPSA) is 118 Å². The van der Waals surface area contributed by atoms with Crippen LogP contribution in [0, 0.1) is 0 Å². The summed E-state index contributed by atoms with van der Waals surface area (Å²) in [5.74, 6) is -1.23. The molecule has 28 heavy (non-hydrogen) atoms. The third-order valence-corrected chi connectivity index (χ3v) is 6.44. The molecule has 11 heteroatoms. The molecule has 3 rings (SSSR count). The highest BCUT2D eigenvalue weighted by Crippen LogP contribution is 2.23. The number of carbonyl (C=O) groups excluding carboxylic acids is 2. The number of benzene rings is 1. The Hall–Kier alpha value is -2.21. The lowest BCUT2D eigenvalue weighted by Gasteiger charge is -2.22. The molecule has 2 amide bonds. The zero-order valence-corrected chi connectivity index (χ0v) is 17.0. The maximum absolute atomic E-state index is 12.8. The first kappa shape index (κ1) is 20.5. The second-order valence-corrected chi connectivity index (χ2v) is 8.67. The summed E-state index contributed by atoms with van der Waals surface area (Å²) >= 11 is 3.26. The van der Waals surface area contributed by atoms with Gasteiger partial charge in [-0.25, -0.2) is 8.42 Å². The van der Waals surface area contributed by atoms with E-state index in [4.69, 9.17) is 9.15 Å². The maximum Gasteiger partial charge on any atom is 0.309 e. The van der Waals surface area contributed by atoms with Gasteiger partial charge in [-0.3, -0.25) is 9.59 Å². The molecule has 2 N–H and O–H groups in total. The summed E-state index contributed by atoms with van der Waals surface area (Å²) in [6.07, 6.45) is 0.565. The van der Waals surface area contributed by atoms with Crippen molar-refractivity contribution < 1.29 is 27.2 Å².